The molecule has 2 aromatic heterocycles. The normalized spacial score (nSPS) is 19.8. The molecule has 0 spiro atoms. The van der Waals surface area contributed by atoms with Crippen molar-refractivity contribution < 1.29 is 8.42 Å². The maximum absolute atomic E-state index is 12.5. The van der Waals surface area contributed by atoms with Crippen LogP contribution in [-0.2, 0) is 10.0 Å². The molecule has 1 atom stereocenters. The van der Waals surface area contributed by atoms with Crippen molar-refractivity contribution in [3.63, 3.8) is 0 Å². The molecule has 124 valence electrons. The summed E-state index contributed by atoms with van der Waals surface area (Å²) in [6, 6.07) is -0.279. The van der Waals surface area contributed by atoms with Crippen LogP contribution in [0.25, 0.3) is 11.5 Å². The van der Waals surface area contributed by atoms with Gasteiger partial charge in [-0.05, 0) is 19.3 Å². The minimum Gasteiger partial charge on any atom is -0.261 e. The number of hydrogen-bond donors (Lipinski definition) is 1. The monoisotopic (exact) mass is 336 g/mol. The summed E-state index contributed by atoms with van der Waals surface area (Å²) in [5, 5.41) is 7.05. The molecule has 9 heteroatoms. The van der Waals surface area contributed by atoms with Crippen molar-refractivity contribution in [3.8, 4) is 11.5 Å². The molecule has 3 heterocycles. The van der Waals surface area contributed by atoms with Crippen molar-refractivity contribution in [2.24, 2.45) is 0 Å². The smallest absolute Gasteiger partial charge is 0.214 e. The van der Waals surface area contributed by atoms with Gasteiger partial charge >= 0.3 is 0 Å². The lowest BCUT2D eigenvalue weighted by atomic mass is 10.0. The number of nitrogens with one attached hydrogen (secondary N) is 1. The molecule has 0 radical (unpaired) electrons. The van der Waals surface area contributed by atoms with Crippen LogP contribution in [0, 0.1) is 0 Å². The predicted molar refractivity (Wildman–Crippen MR) is 84.8 cm³/mol. The van der Waals surface area contributed by atoms with Gasteiger partial charge in [-0.2, -0.15) is 9.40 Å². The van der Waals surface area contributed by atoms with E-state index in [1.807, 2.05) is 6.92 Å². The number of rotatable bonds is 5. The van der Waals surface area contributed by atoms with Crippen molar-refractivity contribution in [3.05, 3.63) is 24.4 Å². The van der Waals surface area contributed by atoms with Crippen LogP contribution in [0.3, 0.4) is 0 Å². The second kappa shape index (κ2) is 6.71. The van der Waals surface area contributed by atoms with Gasteiger partial charge in [0.2, 0.25) is 15.8 Å². The molecule has 0 amide bonds. The third-order valence-electron chi connectivity index (χ3n) is 3.88. The Morgan fingerprint density at radius 1 is 1.35 bits per heavy atom. The third-order valence-corrected chi connectivity index (χ3v) is 5.96. The highest BCUT2D eigenvalue weighted by molar-refractivity contribution is 7.89. The summed E-state index contributed by atoms with van der Waals surface area (Å²) in [5.41, 5.74) is 0.564. The van der Waals surface area contributed by atoms with Crippen molar-refractivity contribution in [2.45, 2.75) is 38.6 Å². The summed E-state index contributed by atoms with van der Waals surface area (Å²) >= 11 is 0. The summed E-state index contributed by atoms with van der Waals surface area (Å²) in [5.74, 6) is 1.17. The molecule has 1 aliphatic heterocycles. The number of H-pyrrole nitrogens is 1. The van der Waals surface area contributed by atoms with Crippen molar-refractivity contribution in [1.29, 1.82) is 0 Å². The topological polar surface area (TPSA) is 105 Å². The molecule has 0 aliphatic carbocycles. The van der Waals surface area contributed by atoms with E-state index >= 15 is 0 Å². The molecule has 1 aliphatic rings. The lowest BCUT2D eigenvalue weighted by Crippen LogP contribution is -2.40. The second-order valence-electron chi connectivity index (χ2n) is 5.57. The highest BCUT2D eigenvalue weighted by atomic mass is 32.2. The molecule has 0 aromatic carbocycles. The van der Waals surface area contributed by atoms with Crippen LogP contribution in [0.1, 0.15) is 44.5 Å². The standard InChI is InChI=1S/C14H20N6O2S/c1-2-9-23(21,22)20-8-4-3-5-12(20)14-17-13(18-19-14)11-10-15-6-7-16-11/h6-7,10,12H,2-5,8-9H2,1H3,(H,17,18,19). The molecule has 3 rings (SSSR count). The quantitative estimate of drug-likeness (QED) is 0.888. The van der Waals surface area contributed by atoms with E-state index in [9.17, 15) is 8.42 Å². The molecule has 2 aromatic rings. The summed E-state index contributed by atoms with van der Waals surface area (Å²) in [4.78, 5) is 12.6. The Kier molecular flexibility index (Phi) is 4.67. The van der Waals surface area contributed by atoms with Gasteiger partial charge < -0.3 is 0 Å². The maximum atomic E-state index is 12.5. The average Bonchev–Trinajstić information content (AvgIpc) is 3.05. The van der Waals surface area contributed by atoms with E-state index in [-0.39, 0.29) is 11.8 Å². The van der Waals surface area contributed by atoms with E-state index in [0.29, 0.717) is 30.3 Å². The molecular weight excluding hydrogens is 316 g/mol. The van der Waals surface area contributed by atoms with E-state index in [1.54, 1.807) is 22.9 Å². The van der Waals surface area contributed by atoms with E-state index in [4.69, 9.17) is 0 Å². The van der Waals surface area contributed by atoms with E-state index in [2.05, 4.69) is 25.1 Å². The summed E-state index contributed by atoms with van der Waals surface area (Å²) in [7, 11) is -3.27. The third kappa shape index (κ3) is 3.40. The Balaban J connectivity index is 1.89. The fraction of sp³-hybridized carbons (Fsp3) is 0.571. The Hall–Kier alpha value is -1.87. The number of sulfonamides is 1. The van der Waals surface area contributed by atoms with Gasteiger partial charge in [-0.3, -0.25) is 10.1 Å². The minimum absolute atomic E-state index is 0.161. The molecule has 1 N–H and O–H groups in total. The summed E-state index contributed by atoms with van der Waals surface area (Å²) in [6.45, 7) is 2.41. The SMILES string of the molecule is CCCS(=O)(=O)N1CCCCC1c1nc(-c2cnccn2)n[nH]1. The number of hydrogen-bond acceptors (Lipinski definition) is 6. The van der Waals surface area contributed by atoms with E-state index < -0.39 is 10.0 Å². The number of aromatic nitrogens is 5. The predicted octanol–water partition coefficient (Wildman–Crippen LogP) is 1.53. The van der Waals surface area contributed by atoms with Crippen LogP contribution in [0.2, 0.25) is 0 Å². The fourth-order valence-corrected chi connectivity index (χ4v) is 4.59. The van der Waals surface area contributed by atoms with Gasteiger partial charge in [-0.25, -0.2) is 18.4 Å². The van der Waals surface area contributed by atoms with Gasteiger partial charge in [-0.1, -0.05) is 13.3 Å². The van der Waals surface area contributed by atoms with Gasteiger partial charge in [0.15, 0.2) is 0 Å². The first-order chi connectivity index (χ1) is 11.1. The zero-order valence-electron chi connectivity index (χ0n) is 13.0. The average molecular weight is 336 g/mol. The Labute approximate surface area is 135 Å². The molecule has 1 saturated heterocycles. The van der Waals surface area contributed by atoms with Crippen LogP contribution in [-0.4, -0.2) is 50.2 Å². The largest absolute Gasteiger partial charge is 0.261 e. The Morgan fingerprint density at radius 2 is 2.22 bits per heavy atom. The van der Waals surface area contributed by atoms with Crippen molar-refractivity contribution >= 4 is 10.0 Å². The van der Waals surface area contributed by atoms with Crippen LogP contribution >= 0.6 is 0 Å². The first kappa shape index (κ1) is 16.0. The van der Waals surface area contributed by atoms with Crippen molar-refractivity contribution in [1.82, 2.24) is 29.5 Å². The van der Waals surface area contributed by atoms with Gasteiger partial charge in [0.05, 0.1) is 18.0 Å². The molecule has 8 nitrogen and oxygen atoms in total. The Bertz CT molecular complexity index is 746. The molecule has 1 unspecified atom stereocenters. The lowest BCUT2D eigenvalue weighted by molar-refractivity contribution is 0.247. The van der Waals surface area contributed by atoms with Gasteiger partial charge in [0, 0.05) is 18.9 Å². The second-order valence-corrected chi connectivity index (χ2v) is 7.61. The van der Waals surface area contributed by atoms with Crippen LogP contribution < -0.4 is 0 Å². The van der Waals surface area contributed by atoms with E-state index in [1.165, 1.54) is 0 Å². The van der Waals surface area contributed by atoms with E-state index in [0.717, 1.165) is 19.3 Å². The molecular formula is C14H20N6O2S. The van der Waals surface area contributed by atoms with Crippen LogP contribution in [0.4, 0.5) is 0 Å². The molecule has 23 heavy (non-hydrogen) atoms. The molecule has 1 fully saturated rings. The number of aromatic amines is 1. The van der Waals surface area contributed by atoms with Gasteiger partial charge in [-0.15, -0.1) is 0 Å². The van der Waals surface area contributed by atoms with Gasteiger partial charge in [0.25, 0.3) is 0 Å². The maximum Gasteiger partial charge on any atom is 0.214 e. The Morgan fingerprint density at radius 3 is 2.96 bits per heavy atom. The highest BCUT2D eigenvalue weighted by Gasteiger charge is 2.34. The summed E-state index contributed by atoms with van der Waals surface area (Å²) in [6.07, 6.45) is 7.94. The van der Waals surface area contributed by atoms with Gasteiger partial charge in [0.1, 0.15) is 11.5 Å². The number of piperidine rings is 1. The first-order valence-electron chi connectivity index (χ1n) is 7.80. The molecule has 0 bridgehead atoms. The first-order valence-corrected chi connectivity index (χ1v) is 9.41. The zero-order valence-corrected chi connectivity index (χ0v) is 13.8. The highest BCUT2D eigenvalue weighted by Crippen LogP contribution is 2.32. The van der Waals surface area contributed by atoms with Crippen LogP contribution in [0.5, 0.6) is 0 Å². The molecule has 0 saturated carbocycles. The van der Waals surface area contributed by atoms with Crippen molar-refractivity contribution in [2.75, 3.05) is 12.3 Å². The lowest BCUT2D eigenvalue weighted by Gasteiger charge is -2.33. The van der Waals surface area contributed by atoms with Crippen LogP contribution in [0.15, 0.2) is 18.6 Å². The fourth-order valence-electron chi connectivity index (χ4n) is 2.84. The number of nitrogens with zero attached hydrogens (tertiary/aromatic N) is 5. The minimum atomic E-state index is -3.27. The summed E-state index contributed by atoms with van der Waals surface area (Å²) < 4.78 is 26.5. The zero-order chi connectivity index (χ0) is 16.3.